The number of phosphoric ester groups is 2. The van der Waals surface area contributed by atoms with E-state index in [1.165, 1.54) is 65.6 Å². The van der Waals surface area contributed by atoms with Crippen LogP contribution in [0, 0.1) is 13.8 Å². The van der Waals surface area contributed by atoms with E-state index in [4.69, 9.17) is 173 Å². The third kappa shape index (κ3) is 26.4. The van der Waals surface area contributed by atoms with Gasteiger partial charge in [0.05, 0.1) is 130 Å². The highest BCUT2D eigenvalue weighted by molar-refractivity contribution is 8.44. The molecule has 9 aromatic heterocycles. The van der Waals surface area contributed by atoms with Crippen LogP contribution < -0.4 is 68.0 Å². The van der Waals surface area contributed by atoms with E-state index < -0.39 is 268 Å². The molecule has 28 atom stereocenters. The summed E-state index contributed by atoms with van der Waals surface area (Å²) in [5.41, 5.74) is 23.2. The van der Waals surface area contributed by atoms with E-state index in [0.29, 0.717) is 5.56 Å². The van der Waals surface area contributed by atoms with Crippen LogP contribution in [-0.2, 0) is 158 Å². The lowest BCUT2D eigenvalue weighted by Gasteiger charge is -2.30. The van der Waals surface area contributed by atoms with E-state index >= 15 is 13.7 Å². The number of aromatic nitrogens is 18. The standard InChI is InChI=1S/C75H108N23O41P5S3/c1-9-35-36(22-43(129-35)93-11-10-42(99)84-73(93)104)135-142(111,145)127-28-40-49(54(121-19-14-116-6)67(133-40)96-30-81-44-59(96)87-70(78)90-62(44)101)137-140(107,108)124-26-38-48(53(120-18-13-115-5)66(131-38)95-24-34(3)58(77)86-75(95)106)136-141(109,110)125-27-39-50(55(122-20-15-117-7)68(132-39)97-31-82-45-60(97)88-71(79)91-63(45)102)138-144(113,147)128-29-41-51(56(123-21-16-118-8)69(134-41)98-32-83-46-61(98)89-72(80)92-64(46)103)139-143(112,146)126-25-37-47(100)52(119-17-12-114-4)65(130-37)94-23-33(2)57(76)85-74(94)105/h10-11,23-24,30-32,35-41,43,47-56,65-69,100H,9,12-22,25-29H2,1-8H3,(H,107,108)(H,109,110)(H,111,145)(H,112,146)(H,113,147)(H2,76,85,105)(H2,77,86,106)(H,84,99,104)(H3,78,87,90,101)(H3,79,88,91,102)(H3,80,89,92,103)/t35-,36?,37-,38-,39-,40-,41-,43-,47?,48?,49?,50?,51?,52+,53+,54+,55+,56+,65-,66-,67-,68-,69-,142?,143?,144?/m1/s1. The van der Waals surface area contributed by atoms with Crippen LogP contribution in [0.4, 0.5) is 29.5 Å². The summed E-state index contributed by atoms with van der Waals surface area (Å²) in [5.74, 6) is -1.57. The van der Waals surface area contributed by atoms with Gasteiger partial charge in [-0.2, -0.15) is 24.9 Å². The van der Waals surface area contributed by atoms with Crippen LogP contribution in [0.3, 0.4) is 0 Å². The summed E-state index contributed by atoms with van der Waals surface area (Å²) < 4.78 is 210. The summed E-state index contributed by atoms with van der Waals surface area (Å²) in [6, 6.07) is 1.09. The lowest BCUT2D eigenvalue weighted by molar-refractivity contribution is -0.0843. The summed E-state index contributed by atoms with van der Waals surface area (Å²) in [5, 5.41) is 11.9. The Morgan fingerprint density at radius 1 is 0.422 bits per heavy atom. The molecule has 15 rings (SSSR count). The molecule has 64 nitrogen and oxygen atoms in total. The largest absolute Gasteiger partial charge is 0.472 e. The Kier molecular flexibility index (Phi) is 37.0. The van der Waals surface area contributed by atoms with Gasteiger partial charge >= 0.3 is 52.9 Å². The lowest BCUT2D eigenvalue weighted by Crippen LogP contribution is -2.41. The van der Waals surface area contributed by atoms with E-state index in [-0.39, 0.29) is 129 Å². The van der Waals surface area contributed by atoms with Crippen molar-refractivity contribution >= 4 is 135 Å². The van der Waals surface area contributed by atoms with Crippen LogP contribution in [0.1, 0.15) is 68.3 Å². The van der Waals surface area contributed by atoms with Crippen molar-refractivity contribution in [1.29, 1.82) is 0 Å². The number of hydrogen-bond donors (Lipinski definition) is 15. The number of aryl methyl sites for hydroxylation is 2. The number of aliphatic hydroxyl groups is 1. The normalized spacial score (nSPS) is 29.0. The van der Waals surface area contributed by atoms with Gasteiger partial charge in [0.1, 0.15) is 109 Å². The molecule has 0 spiro atoms. The summed E-state index contributed by atoms with van der Waals surface area (Å²) in [7, 11) is -5.19. The number of nitrogens with two attached hydrogens (primary N) is 5. The summed E-state index contributed by atoms with van der Waals surface area (Å²) in [6.45, 7) is -17.5. The van der Waals surface area contributed by atoms with Gasteiger partial charge in [-0.3, -0.25) is 98.2 Å². The van der Waals surface area contributed by atoms with Gasteiger partial charge in [-0.05, 0) is 43.9 Å². The average molecular weight is 2240 g/mol. The fourth-order valence-electron chi connectivity index (χ4n) is 16.8. The molecule has 6 aliphatic rings. The molecule has 0 bridgehead atoms. The van der Waals surface area contributed by atoms with E-state index in [1.807, 2.05) is 0 Å². The third-order valence-electron chi connectivity index (χ3n) is 23.6. The highest BCUT2D eigenvalue weighted by atomic mass is 32.7. The number of aliphatic hydroxyl groups excluding tert-OH is 1. The minimum absolute atomic E-state index is 0.0264. The SMILES string of the molecule is CC[C@H]1O[C@@H](n2ccc(=O)[nH]c2=O)CC1OP(O)(=S)OC[C@H]1O[C@@H](n2cnc3c(=O)[nH]c(N)nc32)[C@@H](OCCOC)C1OP(=O)(O)OC[C@H]1O[C@@H](n2cc(C)c(N)nc2=O)[C@@H](OCCOC)C1OP(=O)(O)OC[C@H]1O[C@@H](n2cnc3c(=O)[nH]c(N)nc32)[C@@H](OCCOC)C1OP(=O)(S)OC[C@H]1O[C@@H](n2cnc3c(=O)[nH]c(N)nc32)[C@@H](OCCOC)C1OP(O)(=S)OC[C@H]1O[C@@H](n2cc(C)c(N)nc2=O)[C@@H](OCCOC)C1O. The maximum Gasteiger partial charge on any atom is 0.472 e. The smallest absolute Gasteiger partial charge is 0.387 e. The van der Waals surface area contributed by atoms with Gasteiger partial charge < -0.3 is 143 Å². The average Bonchev–Trinajstić information content (AvgIpc) is 1.61. The predicted molar refractivity (Wildman–Crippen MR) is 510 cm³/mol. The van der Waals surface area contributed by atoms with Gasteiger partial charge in [-0.15, -0.1) is 0 Å². The zero-order valence-electron chi connectivity index (χ0n) is 78.9. The Morgan fingerprint density at radius 2 is 0.762 bits per heavy atom. The van der Waals surface area contributed by atoms with Gasteiger partial charge in [0.15, 0.2) is 64.6 Å². The number of hydrogen-bond acceptors (Lipinski definition) is 52. The van der Waals surface area contributed by atoms with E-state index in [0.717, 1.165) is 47.9 Å². The number of nitrogens with zero attached hydrogens (tertiary/aromatic N) is 14. The zero-order valence-corrected chi connectivity index (χ0v) is 85.9. The second-order valence-corrected chi connectivity index (χ2v) is 44.6. The van der Waals surface area contributed by atoms with Crippen molar-refractivity contribution < 1.29 is 159 Å². The Balaban J connectivity index is 0.732. The van der Waals surface area contributed by atoms with Crippen molar-refractivity contribution in [3.63, 3.8) is 0 Å². The maximum absolute atomic E-state index is 15.7. The van der Waals surface area contributed by atoms with Gasteiger partial charge in [0.25, 0.3) is 22.2 Å². The number of fused-ring (bicyclic) bond motifs is 3. The monoisotopic (exact) mass is 2240 g/mol. The van der Waals surface area contributed by atoms with Crippen LogP contribution >= 0.6 is 48.1 Å². The summed E-state index contributed by atoms with van der Waals surface area (Å²) >= 11 is 15.7. The molecular formula is C75H108N23O41P5S3. The molecule has 812 valence electrons. The molecule has 72 heteroatoms. The predicted octanol–water partition coefficient (Wildman–Crippen LogP) is -2.64. The highest BCUT2D eigenvalue weighted by Gasteiger charge is 2.59. The van der Waals surface area contributed by atoms with Crippen molar-refractivity contribution in [2.24, 2.45) is 0 Å². The summed E-state index contributed by atoms with van der Waals surface area (Å²) in [6.07, 6.45) is -30.6. The molecule has 0 aromatic carbocycles. The number of nitrogen functional groups attached to an aromatic ring is 5. The minimum Gasteiger partial charge on any atom is -0.387 e. The molecule has 6 aliphatic heterocycles. The fraction of sp³-hybridized carbons (Fsp3) is 0.640. The number of aromatic amines is 4. The first kappa shape index (κ1) is 113. The number of nitrogens with one attached hydrogen (secondary N) is 4. The van der Waals surface area contributed by atoms with Crippen LogP contribution in [-0.4, -0.2) is 350 Å². The number of thiol groups is 1. The maximum atomic E-state index is 15.7. The van der Waals surface area contributed by atoms with Crippen LogP contribution in [0.2, 0.25) is 0 Å². The highest BCUT2D eigenvalue weighted by Crippen LogP contribution is 2.60. The zero-order chi connectivity index (χ0) is 106. The number of ether oxygens (including phenoxy) is 16. The minimum atomic E-state index is -5.98. The number of methoxy groups -OCH3 is 5. The van der Waals surface area contributed by atoms with Crippen LogP contribution in [0.5, 0.6) is 0 Å². The Morgan fingerprint density at radius 3 is 1.15 bits per heavy atom. The number of imidazole rings is 3. The van der Waals surface area contributed by atoms with Crippen molar-refractivity contribution in [2.75, 3.05) is 163 Å². The molecule has 0 aliphatic carbocycles. The molecule has 11 unspecified atom stereocenters. The molecule has 0 radical (unpaired) electrons. The number of phosphoric acid groups is 2. The first-order valence-corrected chi connectivity index (χ1v) is 55.4. The Bertz CT molecular complexity index is 6850. The summed E-state index contributed by atoms with van der Waals surface area (Å²) in [4.78, 5) is 184. The molecule has 6 saturated heterocycles. The van der Waals surface area contributed by atoms with Crippen molar-refractivity contribution in [3.8, 4) is 0 Å². The van der Waals surface area contributed by atoms with Gasteiger partial charge in [0.2, 0.25) is 17.8 Å². The second kappa shape index (κ2) is 48.3. The molecular weight excluding hydrogens is 2130 g/mol. The Hall–Kier alpha value is -8.41. The Labute approximate surface area is 842 Å². The van der Waals surface area contributed by atoms with Gasteiger partial charge in [-0.1, -0.05) is 19.2 Å². The van der Waals surface area contributed by atoms with E-state index in [9.17, 15) is 58.2 Å². The van der Waals surface area contributed by atoms with Crippen molar-refractivity contribution in [3.05, 3.63) is 128 Å². The number of anilines is 5. The van der Waals surface area contributed by atoms with Gasteiger partial charge in [0, 0.05) is 77.8 Å². The van der Waals surface area contributed by atoms with Crippen LogP contribution in [0.25, 0.3) is 33.5 Å². The first-order valence-electron chi connectivity index (χ1n) is 44.6. The molecule has 19 N–H and O–H groups in total. The van der Waals surface area contributed by atoms with Gasteiger partial charge in [-0.25, -0.2) is 43.0 Å². The molecule has 0 saturated carbocycles. The number of H-pyrrole nitrogens is 4. The van der Waals surface area contributed by atoms with E-state index in [2.05, 4.69) is 72.1 Å². The van der Waals surface area contributed by atoms with Crippen LogP contribution in [0.15, 0.2) is 77.2 Å². The quantitative estimate of drug-likeness (QED) is 0.0105. The number of rotatable bonds is 52. The second-order valence-electron chi connectivity index (χ2n) is 33.3. The molecule has 15 heterocycles. The molecule has 0 amide bonds. The van der Waals surface area contributed by atoms with E-state index in [1.54, 1.807) is 13.8 Å². The lowest BCUT2D eigenvalue weighted by atomic mass is 10.1. The molecule has 6 fully saturated rings. The topological polar surface area (TPSA) is 838 Å². The van der Waals surface area contributed by atoms with Crippen molar-refractivity contribution in [1.82, 2.24) is 87.2 Å². The first-order chi connectivity index (χ1) is 69.9. The fourth-order valence-corrected chi connectivity index (χ4v) is 23.1. The molecule has 147 heavy (non-hydrogen) atoms. The molecule has 9 aromatic rings. The van der Waals surface area contributed by atoms with Crippen molar-refractivity contribution in [2.45, 2.75) is 175 Å². The third-order valence-corrected chi connectivity index (χ3v) is 30.3.